The topological polar surface area (TPSA) is 84.2 Å². The molecule has 9 heteroatoms. The van der Waals surface area contributed by atoms with E-state index in [4.69, 9.17) is 9.47 Å². The number of amides is 1. The van der Waals surface area contributed by atoms with Crippen molar-refractivity contribution in [3.05, 3.63) is 12.4 Å². The van der Waals surface area contributed by atoms with Crippen LogP contribution in [-0.4, -0.2) is 85.7 Å². The van der Waals surface area contributed by atoms with Gasteiger partial charge in [0.05, 0.1) is 24.6 Å². The van der Waals surface area contributed by atoms with E-state index in [0.717, 1.165) is 50.6 Å². The summed E-state index contributed by atoms with van der Waals surface area (Å²) in [6.07, 6.45) is 6.97. The van der Waals surface area contributed by atoms with Gasteiger partial charge in [0.2, 0.25) is 5.91 Å². The van der Waals surface area contributed by atoms with Crippen LogP contribution in [0.2, 0.25) is 0 Å². The first-order chi connectivity index (χ1) is 13.2. The van der Waals surface area contributed by atoms with Crippen molar-refractivity contribution in [2.24, 2.45) is 12.0 Å². The molecule has 1 atom stereocenters. The largest absolute Gasteiger partial charge is 0.379 e. The molecule has 0 aromatic carbocycles. The highest BCUT2D eigenvalue weighted by Crippen LogP contribution is 2.16. The van der Waals surface area contributed by atoms with Crippen LogP contribution >= 0.6 is 0 Å². The molecule has 0 spiro atoms. The number of piperazine rings is 1. The van der Waals surface area contributed by atoms with Crippen LogP contribution in [0.1, 0.15) is 19.3 Å². The van der Waals surface area contributed by atoms with E-state index in [9.17, 15) is 4.79 Å². The van der Waals surface area contributed by atoms with Crippen molar-refractivity contribution < 1.29 is 14.3 Å². The number of carbonyl (C=O) groups excluding carboxylic acids is 1. The van der Waals surface area contributed by atoms with Gasteiger partial charge in [-0.05, 0) is 19.3 Å². The second-order valence-corrected chi connectivity index (χ2v) is 6.88. The Balaban J connectivity index is 1.36. The number of nitrogens with one attached hydrogen (secondary N) is 1. The number of carbonyl (C=O) groups is 1. The summed E-state index contributed by atoms with van der Waals surface area (Å²) >= 11 is 0. The molecule has 150 valence electrons. The van der Waals surface area contributed by atoms with Gasteiger partial charge in [0.1, 0.15) is 6.54 Å². The molecule has 0 bridgehead atoms. The molecule has 3 rings (SSSR count). The van der Waals surface area contributed by atoms with E-state index in [-0.39, 0.29) is 12.0 Å². The van der Waals surface area contributed by atoms with E-state index < -0.39 is 0 Å². The Labute approximate surface area is 160 Å². The van der Waals surface area contributed by atoms with E-state index in [1.807, 2.05) is 18.1 Å². The third-order valence-electron chi connectivity index (χ3n) is 4.81. The number of hydrogen-bond donors (Lipinski definition) is 1. The highest BCUT2D eigenvalue weighted by atomic mass is 16.5. The van der Waals surface area contributed by atoms with Crippen LogP contribution in [0, 0.1) is 0 Å². The molecular weight excluding hydrogens is 348 g/mol. The average molecular weight is 378 g/mol. The standard InChI is InChI=1S/C18H30N6O3/c1-19-18(20-6-4-9-26-14-16-5-3-10-27-16)23-7-8-24(17(25)13-23)15-11-21-22(2)12-15/h11-12,16H,3-10,13-14H2,1-2H3,(H,19,20). The van der Waals surface area contributed by atoms with Gasteiger partial charge < -0.3 is 24.6 Å². The number of aliphatic imine (C=N–C) groups is 1. The number of rotatable bonds is 7. The molecule has 0 radical (unpaired) electrons. The van der Waals surface area contributed by atoms with Gasteiger partial charge in [-0.3, -0.25) is 14.5 Å². The van der Waals surface area contributed by atoms with E-state index >= 15 is 0 Å². The number of aryl methyl sites for hydroxylation is 1. The van der Waals surface area contributed by atoms with Crippen LogP contribution in [0.3, 0.4) is 0 Å². The zero-order chi connectivity index (χ0) is 19.1. The van der Waals surface area contributed by atoms with Gasteiger partial charge in [-0.25, -0.2) is 0 Å². The molecule has 1 aromatic rings. The molecule has 9 nitrogen and oxygen atoms in total. The zero-order valence-electron chi connectivity index (χ0n) is 16.3. The lowest BCUT2D eigenvalue weighted by molar-refractivity contribution is -0.120. The lowest BCUT2D eigenvalue weighted by Crippen LogP contribution is -2.55. The normalized spacial score (nSPS) is 21.2. The Hall–Kier alpha value is -2.13. The molecule has 2 fully saturated rings. The Kier molecular flexibility index (Phi) is 7.05. The van der Waals surface area contributed by atoms with Crippen LogP contribution in [0.25, 0.3) is 0 Å². The first kappa shape index (κ1) is 19.6. The lowest BCUT2D eigenvalue weighted by Gasteiger charge is -2.35. The molecule has 0 saturated carbocycles. The fraction of sp³-hybridized carbons (Fsp3) is 0.722. The summed E-state index contributed by atoms with van der Waals surface area (Å²) in [5, 5.41) is 7.46. The first-order valence-corrected chi connectivity index (χ1v) is 9.61. The van der Waals surface area contributed by atoms with Gasteiger partial charge >= 0.3 is 0 Å². The summed E-state index contributed by atoms with van der Waals surface area (Å²) < 4.78 is 12.9. The van der Waals surface area contributed by atoms with E-state index in [2.05, 4.69) is 15.4 Å². The SMILES string of the molecule is CN=C(NCCCOCC1CCCO1)N1CCN(c2cnn(C)c2)C(=O)C1. The zero-order valence-corrected chi connectivity index (χ0v) is 16.3. The van der Waals surface area contributed by atoms with E-state index in [1.165, 1.54) is 0 Å². The predicted octanol–water partition coefficient (Wildman–Crippen LogP) is 0.230. The molecule has 2 aliphatic rings. The monoisotopic (exact) mass is 378 g/mol. The predicted molar refractivity (Wildman–Crippen MR) is 103 cm³/mol. The van der Waals surface area contributed by atoms with Gasteiger partial charge in [0.25, 0.3) is 0 Å². The maximum absolute atomic E-state index is 12.5. The smallest absolute Gasteiger partial charge is 0.246 e. The van der Waals surface area contributed by atoms with Gasteiger partial charge in [0, 0.05) is 53.1 Å². The van der Waals surface area contributed by atoms with Gasteiger partial charge in [0.15, 0.2) is 5.96 Å². The van der Waals surface area contributed by atoms with Crippen molar-refractivity contribution in [2.75, 3.05) is 57.9 Å². The van der Waals surface area contributed by atoms with Crippen molar-refractivity contribution in [2.45, 2.75) is 25.4 Å². The summed E-state index contributed by atoms with van der Waals surface area (Å²) in [5.74, 6) is 0.811. The summed E-state index contributed by atoms with van der Waals surface area (Å²) in [6.45, 7) is 4.65. The van der Waals surface area contributed by atoms with E-state index in [1.54, 1.807) is 22.8 Å². The fourth-order valence-electron chi connectivity index (χ4n) is 3.37. The van der Waals surface area contributed by atoms with Crippen LogP contribution in [0.4, 0.5) is 5.69 Å². The van der Waals surface area contributed by atoms with Crippen LogP contribution in [0.15, 0.2) is 17.4 Å². The van der Waals surface area contributed by atoms with Crippen molar-refractivity contribution in [3.63, 3.8) is 0 Å². The van der Waals surface area contributed by atoms with Gasteiger partial charge in [-0.1, -0.05) is 0 Å². The molecule has 1 N–H and O–H groups in total. The Morgan fingerprint density at radius 1 is 1.48 bits per heavy atom. The second-order valence-electron chi connectivity index (χ2n) is 6.88. The van der Waals surface area contributed by atoms with Crippen molar-refractivity contribution in [1.29, 1.82) is 0 Å². The van der Waals surface area contributed by atoms with Crippen LogP contribution in [0.5, 0.6) is 0 Å². The highest BCUT2D eigenvalue weighted by Gasteiger charge is 2.27. The molecule has 1 amide bonds. The third kappa shape index (κ3) is 5.43. The van der Waals surface area contributed by atoms with Crippen LogP contribution < -0.4 is 10.2 Å². The highest BCUT2D eigenvalue weighted by molar-refractivity contribution is 5.98. The Bertz CT molecular complexity index is 641. The number of nitrogens with zero attached hydrogens (tertiary/aromatic N) is 5. The minimum atomic E-state index is 0.0529. The number of anilines is 1. The Morgan fingerprint density at radius 3 is 3.04 bits per heavy atom. The molecule has 1 unspecified atom stereocenters. The minimum absolute atomic E-state index is 0.0529. The molecule has 27 heavy (non-hydrogen) atoms. The summed E-state index contributed by atoms with van der Waals surface area (Å²) in [7, 11) is 3.59. The Morgan fingerprint density at radius 2 is 2.37 bits per heavy atom. The number of guanidine groups is 1. The van der Waals surface area contributed by atoms with Crippen molar-refractivity contribution in [1.82, 2.24) is 20.0 Å². The molecule has 2 aliphatic heterocycles. The minimum Gasteiger partial charge on any atom is -0.379 e. The van der Waals surface area contributed by atoms with Gasteiger partial charge in [-0.2, -0.15) is 5.10 Å². The first-order valence-electron chi connectivity index (χ1n) is 9.61. The second kappa shape index (κ2) is 9.70. The molecular formula is C18H30N6O3. The molecule has 1 aromatic heterocycles. The van der Waals surface area contributed by atoms with Crippen molar-refractivity contribution >= 4 is 17.6 Å². The van der Waals surface area contributed by atoms with Gasteiger partial charge in [-0.15, -0.1) is 0 Å². The quantitative estimate of drug-likeness (QED) is 0.415. The number of ether oxygens (including phenoxy) is 2. The molecule has 2 saturated heterocycles. The maximum Gasteiger partial charge on any atom is 0.246 e. The maximum atomic E-state index is 12.5. The average Bonchev–Trinajstić information content (AvgIpc) is 3.33. The van der Waals surface area contributed by atoms with E-state index in [0.29, 0.717) is 26.3 Å². The molecule has 3 heterocycles. The van der Waals surface area contributed by atoms with Crippen molar-refractivity contribution in [3.8, 4) is 0 Å². The summed E-state index contributed by atoms with van der Waals surface area (Å²) in [4.78, 5) is 20.6. The third-order valence-corrected chi connectivity index (χ3v) is 4.81. The summed E-state index contributed by atoms with van der Waals surface area (Å²) in [5.41, 5.74) is 0.841. The lowest BCUT2D eigenvalue weighted by atomic mass is 10.2. The van der Waals surface area contributed by atoms with Crippen LogP contribution in [-0.2, 0) is 21.3 Å². The fourth-order valence-corrected chi connectivity index (χ4v) is 3.37. The summed E-state index contributed by atoms with van der Waals surface area (Å²) in [6, 6.07) is 0. The number of hydrogen-bond acceptors (Lipinski definition) is 5. The number of aromatic nitrogens is 2. The molecule has 0 aliphatic carbocycles.